The predicted octanol–water partition coefficient (Wildman–Crippen LogP) is 4.34. The first-order valence-corrected chi connectivity index (χ1v) is 10.1. The lowest BCUT2D eigenvalue weighted by Crippen LogP contribution is -2.39. The van der Waals surface area contributed by atoms with Crippen LogP contribution in [0.15, 0.2) is 60.7 Å². The number of methoxy groups -OCH3 is 2. The Morgan fingerprint density at radius 2 is 1.66 bits per heavy atom. The largest absolute Gasteiger partial charge is 0.497 e. The summed E-state index contributed by atoms with van der Waals surface area (Å²) in [6.07, 6.45) is 0. The molecule has 1 aliphatic rings. The molecular weight excluding hydrogens is 411 g/mol. The Bertz CT molecular complexity index is 1150. The Balaban J connectivity index is 1.89. The fraction of sp³-hybridized carbons (Fsp3) is 0.200. The molecule has 6 nitrogen and oxygen atoms in total. The molecule has 32 heavy (non-hydrogen) atoms. The van der Waals surface area contributed by atoms with Gasteiger partial charge in [0, 0.05) is 22.9 Å². The number of aryl methyl sites for hydroxylation is 1. The maximum absolute atomic E-state index is 13.7. The minimum absolute atomic E-state index is 0.172. The van der Waals surface area contributed by atoms with E-state index in [1.807, 2.05) is 25.1 Å². The fourth-order valence-corrected chi connectivity index (χ4v) is 3.92. The van der Waals surface area contributed by atoms with Gasteiger partial charge >= 0.3 is 0 Å². The monoisotopic (exact) mass is 434 g/mol. The van der Waals surface area contributed by atoms with E-state index in [0.29, 0.717) is 28.3 Å². The zero-order valence-electron chi connectivity index (χ0n) is 18.0. The van der Waals surface area contributed by atoms with Gasteiger partial charge in [0.2, 0.25) is 5.91 Å². The van der Waals surface area contributed by atoms with Crippen LogP contribution in [0.25, 0.3) is 0 Å². The summed E-state index contributed by atoms with van der Waals surface area (Å²) in [6.45, 7) is 1.77. The number of amides is 2. The summed E-state index contributed by atoms with van der Waals surface area (Å²) in [5.74, 6) is -0.150. The van der Waals surface area contributed by atoms with Crippen molar-refractivity contribution in [1.82, 2.24) is 4.90 Å². The third kappa shape index (κ3) is 4.14. The highest BCUT2D eigenvalue weighted by Gasteiger charge is 2.34. The summed E-state index contributed by atoms with van der Waals surface area (Å²) < 4.78 is 24.3. The second-order valence-electron chi connectivity index (χ2n) is 7.63. The average Bonchev–Trinajstić information content (AvgIpc) is 2.94. The molecule has 3 aromatic carbocycles. The Hall–Kier alpha value is -3.87. The van der Waals surface area contributed by atoms with E-state index in [-0.39, 0.29) is 24.2 Å². The van der Waals surface area contributed by atoms with Crippen molar-refractivity contribution >= 4 is 17.5 Å². The van der Waals surface area contributed by atoms with Crippen molar-refractivity contribution < 1.29 is 23.5 Å². The van der Waals surface area contributed by atoms with Gasteiger partial charge in [0.05, 0.1) is 20.3 Å². The molecule has 0 aliphatic carbocycles. The molecule has 0 bridgehead atoms. The molecule has 1 heterocycles. The number of fused-ring (bicyclic) bond motifs is 1. The molecule has 0 radical (unpaired) electrons. The molecule has 3 aromatic rings. The van der Waals surface area contributed by atoms with Crippen molar-refractivity contribution in [3.63, 3.8) is 0 Å². The summed E-state index contributed by atoms with van der Waals surface area (Å²) in [7, 11) is 3.01. The number of halogens is 1. The molecule has 2 amide bonds. The third-order valence-corrected chi connectivity index (χ3v) is 5.45. The number of hydrogen-bond donors (Lipinski definition) is 1. The lowest BCUT2D eigenvalue weighted by atomic mass is 9.94. The van der Waals surface area contributed by atoms with Crippen LogP contribution in [0.2, 0.25) is 0 Å². The molecule has 1 aliphatic heterocycles. The Labute approximate surface area is 185 Å². The summed E-state index contributed by atoms with van der Waals surface area (Å²) >= 11 is 0. The summed E-state index contributed by atoms with van der Waals surface area (Å²) in [5.41, 5.74) is 3.36. The quantitative estimate of drug-likeness (QED) is 0.664. The van der Waals surface area contributed by atoms with Crippen molar-refractivity contribution in [3.8, 4) is 11.5 Å². The minimum Gasteiger partial charge on any atom is -0.497 e. The molecule has 4 rings (SSSR count). The highest BCUT2D eigenvalue weighted by molar-refractivity contribution is 6.02. The zero-order valence-corrected chi connectivity index (χ0v) is 18.0. The van der Waals surface area contributed by atoms with Crippen LogP contribution in [-0.2, 0) is 4.79 Å². The molecule has 1 atom stereocenters. The predicted molar refractivity (Wildman–Crippen MR) is 119 cm³/mol. The second-order valence-corrected chi connectivity index (χ2v) is 7.63. The number of rotatable bonds is 4. The van der Waals surface area contributed by atoms with Crippen molar-refractivity contribution in [1.29, 1.82) is 0 Å². The third-order valence-electron chi connectivity index (χ3n) is 5.45. The molecule has 0 unspecified atom stereocenters. The molecule has 0 aromatic heterocycles. The van der Waals surface area contributed by atoms with E-state index in [2.05, 4.69) is 5.32 Å². The van der Waals surface area contributed by atoms with Crippen molar-refractivity contribution in [2.45, 2.75) is 13.0 Å². The highest BCUT2D eigenvalue weighted by atomic mass is 19.1. The van der Waals surface area contributed by atoms with Gasteiger partial charge < -0.3 is 19.7 Å². The highest BCUT2D eigenvalue weighted by Crippen LogP contribution is 2.37. The van der Waals surface area contributed by atoms with Crippen LogP contribution in [0.1, 0.15) is 33.1 Å². The summed E-state index contributed by atoms with van der Waals surface area (Å²) in [5, 5.41) is 2.89. The lowest BCUT2D eigenvalue weighted by molar-refractivity contribution is -0.117. The molecule has 1 N–H and O–H groups in total. The van der Waals surface area contributed by atoms with E-state index < -0.39 is 6.04 Å². The Kier molecular flexibility index (Phi) is 5.81. The number of hydrogen-bond acceptors (Lipinski definition) is 4. The molecule has 0 fully saturated rings. The van der Waals surface area contributed by atoms with Gasteiger partial charge in [0.15, 0.2) is 0 Å². The van der Waals surface area contributed by atoms with Crippen LogP contribution < -0.4 is 14.8 Å². The standard InChI is InChI=1S/C25H23FN2O4/c1-15-4-9-22-21(10-15)24(16-5-7-18(26)8-6-16)28(14-23(29)27-22)25(30)17-11-19(31-2)13-20(12-17)32-3/h4-13,24H,14H2,1-3H3,(H,27,29)/t24-/m1/s1. The van der Waals surface area contributed by atoms with Gasteiger partial charge in [0.25, 0.3) is 5.91 Å². The van der Waals surface area contributed by atoms with Gasteiger partial charge in [-0.2, -0.15) is 0 Å². The van der Waals surface area contributed by atoms with Gasteiger partial charge in [0.1, 0.15) is 23.9 Å². The smallest absolute Gasteiger partial charge is 0.255 e. The maximum atomic E-state index is 13.7. The van der Waals surface area contributed by atoms with E-state index in [0.717, 1.165) is 11.1 Å². The molecule has 0 saturated carbocycles. The van der Waals surface area contributed by atoms with E-state index >= 15 is 0 Å². The first kappa shape index (κ1) is 21.4. The van der Waals surface area contributed by atoms with Gasteiger partial charge in [-0.05, 0) is 42.8 Å². The van der Waals surface area contributed by atoms with Gasteiger partial charge in [-0.15, -0.1) is 0 Å². The van der Waals surface area contributed by atoms with E-state index in [4.69, 9.17) is 9.47 Å². The summed E-state index contributed by atoms with van der Waals surface area (Å²) in [6, 6.07) is 15.9. The zero-order chi connectivity index (χ0) is 22.8. The second kappa shape index (κ2) is 8.70. The fourth-order valence-electron chi connectivity index (χ4n) is 3.92. The van der Waals surface area contributed by atoms with E-state index in [1.165, 1.54) is 31.3 Å². The van der Waals surface area contributed by atoms with Crippen LogP contribution >= 0.6 is 0 Å². The number of benzene rings is 3. The van der Waals surface area contributed by atoms with Gasteiger partial charge in [-0.3, -0.25) is 9.59 Å². The first-order valence-electron chi connectivity index (χ1n) is 10.1. The first-order chi connectivity index (χ1) is 15.4. The Morgan fingerprint density at radius 3 is 2.28 bits per heavy atom. The van der Waals surface area contributed by atoms with Gasteiger partial charge in [-0.25, -0.2) is 4.39 Å². The molecule has 0 saturated heterocycles. The number of ether oxygens (including phenoxy) is 2. The molecule has 164 valence electrons. The summed E-state index contributed by atoms with van der Waals surface area (Å²) in [4.78, 5) is 28.0. The molecule has 7 heteroatoms. The normalized spacial score (nSPS) is 15.4. The van der Waals surface area contributed by atoms with Crippen LogP contribution in [-0.4, -0.2) is 37.5 Å². The van der Waals surface area contributed by atoms with Crippen LogP contribution in [0.5, 0.6) is 11.5 Å². The molecule has 0 spiro atoms. The van der Waals surface area contributed by atoms with Crippen molar-refractivity contribution in [2.24, 2.45) is 0 Å². The van der Waals surface area contributed by atoms with E-state index in [1.54, 1.807) is 30.3 Å². The van der Waals surface area contributed by atoms with Crippen LogP contribution in [0.3, 0.4) is 0 Å². The van der Waals surface area contributed by atoms with Crippen molar-refractivity contribution in [3.05, 3.63) is 88.7 Å². The number of carbonyl (C=O) groups is 2. The van der Waals surface area contributed by atoms with Gasteiger partial charge in [-0.1, -0.05) is 29.8 Å². The maximum Gasteiger partial charge on any atom is 0.255 e. The van der Waals surface area contributed by atoms with E-state index in [9.17, 15) is 14.0 Å². The average molecular weight is 434 g/mol. The number of anilines is 1. The number of nitrogens with zero attached hydrogens (tertiary/aromatic N) is 1. The number of carbonyl (C=O) groups excluding carboxylic acids is 2. The van der Waals surface area contributed by atoms with Crippen LogP contribution in [0, 0.1) is 12.7 Å². The number of nitrogens with one attached hydrogen (secondary N) is 1. The van der Waals surface area contributed by atoms with Crippen molar-refractivity contribution in [2.75, 3.05) is 26.1 Å². The Morgan fingerprint density at radius 1 is 1.00 bits per heavy atom. The topological polar surface area (TPSA) is 67.9 Å². The van der Waals surface area contributed by atoms with Crippen LogP contribution in [0.4, 0.5) is 10.1 Å². The lowest BCUT2D eigenvalue weighted by Gasteiger charge is -2.31. The minimum atomic E-state index is -0.603. The molecular formula is C25H23FN2O4. The SMILES string of the molecule is COc1cc(OC)cc(C(=O)N2CC(=O)Nc3ccc(C)cc3[C@H]2c2ccc(F)cc2)c1.